The molecule has 0 spiro atoms. The average molecular weight is 358 g/mol. The number of hydrogen-bond acceptors (Lipinski definition) is 6. The zero-order valence-electron chi connectivity index (χ0n) is 14.1. The highest BCUT2D eigenvalue weighted by Gasteiger charge is 2.21. The van der Waals surface area contributed by atoms with Crippen molar-refractivity contribution in [3.8, 4) is 5.75 Å². The van der Waals surface area contributed by atoms with E-state index in [1.54, 1.807) is 44.3 Å². The van der Waals surface area contributed by atoms with Gasteiger partial charge in [-0.15, -0.1) is 0 Å². The second-order valence-electron chi connectivity index (χ2n) is 5.47. The summed E-state index contributed by atoms with van der Waals surface area (Å²) in [5.74, 6) is 0.586. The minimum Gasteiger partial charge on any atom is -0.492 e. The fraction of sp³-hybridized carbons (Fsp3) is 0.235. The van der Waals surface area contributed by atoms with E-state index in [0.29, 0.717) is 34.6 Å². The quantitative estimate of drug-likeness (QED) is 0.754. The number of aryl methyl sites for hydroxylation is 2. The molecule has 0 radical (unpaired) electrons. The summed E-state index contributed by atoms with van der Waals surface area (Å²) in [5, 5.41) is 0.477. The van der Waals surface area contributed by atoms with E-state index in [1.165, 1.54) is 6.07 Å². The molecule has 1 aromatic carbocycles. The Balaban J connectivity index is 2.10. The monoisotopic (exact) mass is 358 g/mol. The van der Waals surface area contributed by atoms with Gasteiger partial charge in [0.05, 0.1) is 11.5 Å². The van der Waals surface area contributed by atoms with E-state index in [2.05, 4.69) is 19.7 Å². The zero-order chi connectivity index (χ0) is 18.0. The van der Waals surface area contributed by atoms with Gasteiger partial charge in [0.25, 0.3) is 10.0 Å². The molecule has 0 bridgehead atoms. The number of anilines is 1. The summed E-state index contributed by atoms with van der Waals surface area (Å²) < 4.78 is 33.7. The lowest BCUT2D eigenvalue weighted by Crippen LogP contribution is -2.16. The lowest BCUT2D eigenvalue weighted by Gasteiger charge is -2.12. The van der Waals surface area contributed by atoms with Crippen molar-refractivity contribution in [2.24, 2.45) is 0 Å². The Hall–Kier alpha value is -2.74. The molecule has 25 heavy (non-hydrogen) atoms. The van der Waals surface area contributed by atoms with Gasteiger partial charge in [0.1, 0.15) is 11.3 Å². The van der Waals surface area contributed by atoms with Crippen molar-refractivity contribution in [2.45, 2.75) is 25.7 Å². The molecule has 0 amide bonds. The maximum atomic E-state index is 12.8. The summed E-state index contributed by atoms with van der Waals surface area (Å²) in [6, 6.07) is 8.26. The van der Waals surface area contributed by atoms with Crippen LogP contribution in [0.15, 0.2) is 41.4 Å². The predicted octanol–water partition coefficient (Wildman–Crippen LogP) is 2.84. The third-order valence-corrected chi connectivity index (χ3v) is 4.88. The second kappa shape index (κ2) is 6.64. The van der Waals surface area contributed by atoms with Gasteiger partial charge in [0.15, 0.2) is 0 Å². The Bertz CT molecular complexity index is 1010. The maximum Gasteiger partial charge on any atom is 0.264 e. The number of sulfonamides is 1. The van der Waals surface area contributed by atoms with E-state index in [0.717, 1.165) is 0 Å². The first kappa shape index (κ1) is 17.1. The van der Waals surface area contributed by atoms with Gasteiger partial charge in [-0.2, -0.15) is 0 Å². The van der Waals surface area contributed by atoms with Gasteiger partial charge in [0.2, 0.25) is 5.95 Å². The average Bonchev–Trinajstić information content (AvgIpc) is 2.53. The molecule has 1 N–H and O–H groups in total. The smallest absolute Gasteiger partial charge is 0.264 e. The van der Waals surface area contributed by atoms with Gasteiger partial charge >= 0.3 is 0 Å². The first-order chi connectivity index (χ1) is 11.9. The summed E-state index contributed by atoms with van der Waals surface area (Å²) in [6.45, 7) is 5.89. The van der Waals surface area contributed by atoms with Crippen LogP contribution in [-0.4, -0.2) is 30.0 Å². The van der Waals surface area contributed by atoms with Crippen LogP contribution in [0.3, 0.4) is 0 Å². The number of ether oxygens (including phenoxy) is 1. The van der Waals surface area contributed by atoms with Gasteiger partial charge in [-0.25, -0.2) is 23.1 Å². The predicted molar refractivity (Wildman–Crippen MR) is 95.2 cm³/mol. The van der Waals surface area contributed by atoms with Crippen LogP contribution >= 0.6 is 0 Å². The fourth-order valence-electron chi connectivity index (χ4n) is 2.57. The van der Waals surface area contributed by atoms with E-state index in [4.69, 9.17) is 4.74 Å². The highest BCUT2D eigenvalue weighted by molar-refractivity contribution is 7.93. The minimum atomic E-state index is -3.88. The Morgan fingerprint density at radius 1 is 1.12 bits per heavy atom. The molecule has 0 saturated heterocycles. The van der Waals surface area contributed by atoms with Crippen molar-refractivity contribution in [3.63, 3.8) is 0 Å². The third kappa shape index (κ3) is 3.53. The molecule has 0 atom stereocenters. The molecule has 8 heteroatoms. The first-order valence-electron chi connectivity index (χ1n) is 7.76. The van der Waals surface area contributed by atoms with E-state index >= 15 is 0 Å². The normalized spacial score (nSPS) is 11.5. The molecule has 0 unspecified atom stereocenters. The fourth-order valence-corrected chi connectivity index (χ4v) is 3.72. The van der Waals surface area contributed by atoms with Crippen molar-refractivity contribution >= 4 is 26.9 Å². The van der Waals surface area contributed by atoms with Gasteiger partial charge in [-0.05, 0) is 51.1 Å². The van der Waals surface area contributed by atoms with Crippen molar-refractivity contribution in [1.82, 2.24) is 15.0 Å². The van der Waals surface area contributed by atoms with Crippen molar-refractivity contribution in [3.05, 3.63) is 47.9 Å². The van der Waals surface area contributed by atoms with Crippen molar-refractivity contribution < 1.29 is 13.2 Å². The SMILES string of the molecule is CCOc1ccc(S(=O)(=O)Nc2nc(C)cc(C)n2)c2cccnc12. The molecule has 0 aliphatic rings. The molecule has 2 heterocycles. The van der Waals surface area contributed by atoms with Crippen LogP contribution in [-0.2, 0) is 10.0 Å². The first-order valence-corrected chi connectivity index (χ1v) is 9.24. The summed E-state index contributed by atoms with van der Waals surface area (Å²) >= 11 is 0. The Kier molecular flexibility index (Phi) is 4.54. The van der Waals surface area contributed by atoms with Crippen LogP contribution in [0.2, 0.25) is 0 Å². The molecule has 3 rings (SSSR count). The molecule has 0 aliphatic heterocycles. The third-order valence-electron chi connectivity index (χ3n) is 3.49. The summed E-state index contributed by atoms with van der Waals surface area (Å²) in [7, 11) is -3.88. The van der Waals surface area contributed by atoms with E-state index in [1.807, 2.05) is 6.92 Å². The van der Waals surface area contributed by atoms with Gasteiger partial charge in [-0.3, -0.25) is 4.98 Å². The second-order valence-corrected chi connectivity index (χ2v) is 7.13. The van der Waals surface area contributed by atoms with Gasteiger partial charge in [-0.1, -0.05) is 0 Å². The topological polar surface area (TPSA) is 94.1 Å². The van der Waals surface area contributed by atoms with Crippen LogP contribution in [0.5, 0.6) is 5.75 Å². The van der Waals surface area contributed by atoms with Gasteiger partial charge < -0.3 is 4.74 Å². The molecule has 7 nitrogen and oxygen atoms in total. The number of nitrogens with one attached hydrogen (secondary N) is 1. The number of nitrogens with zero attached hydrogens (tertiary/aromatic N) is 3. The molecule has 0 fully saturated rings. The van der Waals surface area contributed by atoms with Gasteiger partial charge in [0, 0.05) is 23.0 Å². The van der Waals surface area contributed by atoms with Crippen LogP contribution in [0.1, 0.15) is 18.3 Å². The van der Waals surface area contributed by atoms with E-state index < -0.39 is 10.0 Å². The highest BCUT2D eigenvalue weighted by atomic mass is 32.2. The number of rotatable bonds is 5. The van der Waals surface area contributed by atoms with E-state index in [-0.39, 0.29) is 10.8 Å². The molecule has 2 aromatic heterocycles. The Morgan fingerprint density at radius 3 is 2.52 bits per heavy atom. The molecular formula is C17H18N4O3S. The number of pyridine rings is 1. The van der Waals surface area contributed by atoms with Crippen molar-refractivity contribution in [1.29, 1.82) is 0 Å². The minimum absolute atomic E-state index is 0.0448. The Labute approximate surface area is 146 Å². The molecule has 0 aliphatic carbocycles. The van der Waals surface area contributed by atoms with E-state index in [9.17, 15) is 8.42 Å². The van der Waals surface area contributed by atoms with Crippen LogP contribution < -0.4 is 9.46 Å². The lowest BCUT2D eigenvalue weighted by atomic mass is 10.2. The van der Waals surface area contributed by atoms with Crippen molar-refractivity contribution in [2.75, 3.05) is 11.3 Å². The largest absolute Gasteiger partial charge is 0.492 e. The molecule has 130 valence electrons. The summed E-state index contributed by atoms with van der Waals surface area (Å²) in [4.78, 5) is 12.6. The standard InChI is InChI=1S/C17H18N4O3S/c1-4-24-14-7-8-15(13-6-5-9-18-16(13)14)25(22,23)21-17-19-11(2)10-12(3)20-17/h5-10H,4H2,1-3H3,(H,19,20,21). The summed E-state index contributed by atoms with van der Waals surface area (Å²) in [6.07, 6.45) is 1.60. The Morgan fingerprint density at radius 2 is 1.84 bits per heavy atom. The molecule has 3 aromatic rings. The number of aromatic nitrogens is 3. The maximum absolute atomic E-state index is 12.8. The lowest BCUT2D eigenvalue weighted by molar-refractivity contribution is 0.343. The van der Waals surface area contributed by atoms with Crippen LogP contribution in [0.25, 0.3) is 10.9 Å². The summed E-state index contributed by atoms with van der Waals surface area (Å²) in [5.41, 5.74) is 1.86. The highest BCUT2D eigenvalue weighted by Crippen LogP contribution is 2.30. The number of fused-ring (bicyclic) bond motifs is 1. The number of hydrogen-bond donors (Lipinski definition) is 1. The van der Waals surface area contributed by atoms with Crippen LogP contribution in [0.4, 0.5) is 5.95 Å². The molecule has 0 saturated carbocycles. The van der Waals surface area contributed by atoms with Crippen LogP contribution in [0, 0.1) is 13.8 Å². The molecular weight excluding hydrogens is 340 g/mol. The zero-order valence-corrected chi connectivity index (χ0v) is 15.0. The number of benzene rings is 1.